The monoisotopic (exact) mass is 283 g/mol. The van der Waals surface area contributed by atoms with Crippen LogP contribution in [0.15, 0.2) is 52.9 Å². The minimum absolute atomic E-state index is 0.319. The Morgan fingerprint density at radius 3 is 2.76 bits per heavy atom. The number of hydrogen-bond acceptors (Lipinski definition) is 2. The molecule has 2 nitrogen and oxygen atoms in total. The molecular weight excluding hydrogens is 265 g/mol. The summed E-state index contributed by atoms with van der Waals surface area (Å²) in [4.78, 5) is 0. The molecule has 0 atom stereocenters. The highest BCUT2D eigenvalue weighted by Gasteiger charge is 2.12. The average molecular weight is 283 g/mol. The minimum atomic E-state index is -0.319. The normalized spacial score (nSPS) is 11.1. The zero-order chi connectivity index (χ0) is 14.7. The zero-order valence-electron chi connectivity index (χ0n) is 12.0. The molecule has 1 heterocycles. The first-order valence-electron chi connectivity index (χ1n) is 7.26. The minimum Gasteiger partial charge on any atom is -0.453 e. The highest BCUT2D eigenvalue weighted by Crippen LogP contribution is 2.31. The number of benzene rings is 2. The van der Waals surface area contributed by atoms with Gasteiger partial charge in [0.1, 0.15) is 5.76 Å². The van der Waals surface area contributed by atoms with Gasteiger partial charge in [-0.05, 0) is 30.7 Å². The van der Waals surface area contributed by atoms with Gasteiger partial charge in [-0.3, -0.25) is 0 Å². The van der Waals surface area contributed by atoms with Crippen molar-refractivity contribution in [3.63, 3.8) is 0 Å². The summed E-state index contributed by atoms with van der Waals surface area (Å²) < 4.78 is 19.5. The van der Waals surface area contributed by atoms with Crippen LogP contribution in [0.2, 0.25) is 0 Å². The second-order valence-electron chi connectivity index (χ2n) is 5.10. The fraction of sp³-hybridized carbons (Fsp3) is 0.222. The molecule has 0 radical (unpaired) electrons. The van der Waals surface area contributed by atoms with Gasteiger partial charge in [0.15, 0.2) is 11.4 Å². The summed E-state index contributed by atoms with van der Waals surface area (Å²) >= 11 is 0. The summed E-state index contributed by atoms with van der Waals surface area (Å²) in [5.41, 5.74) is 2.49. The van der Waals surface area contributed by atoms with Crippen molar-refractivity contribution in [1.82, 2.24) is 5.32 Å². The molecule has 0 bridgehead atoms. The lowest BCUT2D eigenvalue weighted by molar-refractivity contribution is 0.568. The first-order valence-corrected chi connectivity index (χ1v) is 7.26. The summed E-state index contributed by atoms with van der Waals surface area (Å²) in [7, 11) is 0. The molecule has 0 saturated carbocycles. The zero-order valence-corrected chi connectivity index (χ0v) is 12.0. The van der Waals surface area contributed by atoms with Crippen molar-refractivity contribution in [3.8, 4) is 11.3 Å². The van der Waals surface area contributed by atoms with Crippen LogP contribution in [0.3, 0.4) is 0 Å². The van der Waals surface area contributed by atoms with Crippen LogP contribution in [-0.2, 0) is 6.54 Å². The summed E-state index contributed by atoms with van der Waals surface area (Å²) in [5.74, 6) is 0.393. The molecule has 0 unspecified atom stereocenters. The van der Waals surface area contributed by atoms with E-state index >= 15 is 0 Å². The summed E-state index contributed by atoms with van der Waals surface area (Å²) in [6, 6.07) is 15.0. The standard InChI is InChI=1S/C18H18FNO/c1-2-10-20-12-14-6-3-4-8-15(14)17-11-13-7-5-9-16(19)18(13)21-17/h3-9,11,20H,2,10,12H2,1H3. The van der Waals surface area contributed by atoms with Crippen LogP contribution in [0.5, 0.6) is 0 Å². The number of halogens is 1. The third-order valence-electron chi connectivity index (χ3n) is 3.52. The van der Waals surface area contributed by atoms with Crippen LogP contribution >= 0.6 is 0 Å². The average Bonchev–Trinajstić information content (AvgIpc) is 2.93. The largest absolute Gasteiger partial charge is 0.453 e. The molecule has 3 aromatic rings. The van der Waals surface area contributed by atoms with Crippen LogP contribution in [-0.4, -0.2) is 6.54 Å². The van der Waals surface area contributed by atoms with Gasteiger partial charge >= 0.3 is 0 Å². The van der Waals surface area contributed by atoms with E-state index in [0.29, 0.717) is 11.3 Å². The summed E-state index contributed by atoms with van der Waals surface area (Å²) in [5, 5.41) is 4.18. The number of rotatable bonds is 5. The lowest BCUT2D eigenvalue weighted by atomic mass is 10.0. The molecule has 3 rings (SSSR count). The number of fused-ring (bicyclic) bond motifs is 1. The van der Waals surface area contributed by atoms with Gasteiger partial charge in [0.2, 0.25) is 0 Å². The van der Waals surface area contributed by atoms with Crippen LogP contribution in [0, 0.1) is 5.82 Å². The first-order chi connectivity index (χ1) is 10.3. The van der Waals surface area contributed by atoms with Gasteiger partial charge in [-0.25, -0.2) is 4.39 Å². The second-order valence-corrected chi connectivity index (χ2v) is 5.10. The van der Waals surface area contributed by atoms with E-state index < -0.39 is 0 Å². The third kappa shape index (κ3) is 2.83. The van der Waals surface area contributed by atoms with Crippen molar-refractivity contribution in [2.45, 2.75) is 19.9 Å². The van der Waals surface area contributed by atoms with E-state index in [-0.39, 0.29) is 5.82 Å². The molecule has 0 saturated heterocycles. The van der Waals surface area contributed by atoms with Crippen molar-refractivity contribution in [2.24, 2.45) is 0 Å². The summed E-state index contributed by atoms with van der Waals surface area (Å²) in [6.45, 7) is 3.90. The van der Waals surface area contributed by atoms with E-state index in [9.17, 15) is 4.39 Å². The predicted octanol–water partition coefficient (Wildman–Crippen LogP) is 4.74. The Balaban J connectivity index is 2.00. The highest BCUT2D eigenvalue weighted by atomic mass is 19.1. The summed E-state index contributed by atoms with van der Waals surface area (Å²) in [6.07, 6.45) is 1.10. The van der Waals surface area contributed by atoms with Crippen LogP contribution in [0.4, 0.5) is 4.39 Å². The Morgan fingerprint density at radius 1 is 1.10 bits per heavy atom. The lowest BCUT2D eigenvalue weighted by Gasteiger charge is -2.08. The Bertz CT molecular complexity index is 748. The van der Waals surface area contributed by atoms with Gasteiger partial charge in [-0.2, -0.15) is 0 Å². The van der Waals surface area contributed by atoms with Crippen molar-refractivity contribution in [1.29, 1.82) is 0 Å². The van der Waals surface area contributed by atoms with Crippen LogP contribution in [0.25, 0.3) is 22.3 Å². The molecule has 3 heteroatoms. The maximum atomic E-state index is 13.8. The number of furan rings is 1. The Labute approximate surface area is 123 Å². The van der Waals surface area contributed by atoms with E-state index in [1.54, 1.807) is 6.07 Å². The van der Waals surface area contributed by atoms with E-state index in [0.717, 1.165) is 36.0 Å². The van der Waals surface area contributed by atoms with E-state index in [2.05, 4.69) is 18.3 Å². The van der Waals surface area contributed by atoms with E-state index in [1.807, 2.05) is 30.3 Å². The van der Waals surface area contributed by atoms with Gasteiger partial charge in [0.05, 0.1) is 0 Å². The number of para-hydroxylation sites is 1. The molecule has 21 heavy (non-hydrogen) atoms. The topological polar surface area (TPSA) is 25.2 Å². The predicted molar refractivity (Wildman–Crippen MR) is 83.6 cm³/mol. The van der Waals surface area contributed by atoms with E-state index in [1.165, 1.54) is 6.07 Å². The molecule has 1 N–H and O–H groups in total. The number of hydrogen-bond donors (Lipinski definition) is 1. The van der Waals surface area contributed by atoms with Crippen molar-refractivity contribution in [3.05, 3.63) is 59.9 Å². The smallest absolute Gasteiger partial charge is 0.170 e. The lowest BCUT2D eigenvalue weighted by Crippen LogP contribution is -2.14. The van der Waals surface area contributed by atoms with E-state index in [4.69, 9.17) is 4.42 Å². The highest BCUT2D eigenvalue weighted by molar-refractivity contribution is 5.83. The molecule has 108 valence electrons. The van der Waals surface area contributed by atoms with Gasteiger partial charge in [0.25, 0.3) is 0 Å². The SMILES string of the molecule is CCCNCc1ccccc1-c1cc2cccc(F)c2o1. The molecule has 0 aliphatic carbocycles. The first kappa shape index (κ1) is 13.8. The van der Waals surface area contributed by atoms with Crippen LogP contribution < -0.4 is 5.32 Å². The molecule has 0 fully saturated rings. The fourth-order valence-electron chi connectivity index (χ4n) is 2.47. The second kappa shape index (κ2) is 6.10. The van der Waals surface area contributed by atoms with Crippen LogP contribution in [0.1, 0.15) is 18.9 Å². The third-order valence-corrected chi connectivity index (χ3v) is 3.52. The Morgan fingerprint density at radius 2 is 1.95 bits per heavy atom. The Hall–Kier alpha value is -2.13. The maximum absolute atomic E-state index is 13.8. The molecule has 0 spiro atoms. The Kier molecular flexibility index (Phi) is 4.02. The molecule has 0 aliphatic heterocycles. The molecule has 1 aromatic heterocycles. The molecular formula is C18H18FNO. The van der Waals surface area contributed by atoms with Gasteiger partial charge in [-0.1, -0.05) is 43.3 Å². The molecule has 0 amide bonds. The van der Waals surface area contributed by atoms with Crippen molar-refractivity contribution >= 4 is 11.0 Å². The van der Waals surface area contributed by atoms with Gasteiger partial charge < -0.3 is 9.73 Å². The maximum Gasteiger partial charge on any atom is 0.170 e. The van der Waals surface area contributed by atoms with Gasteiger partial charge in [0, 0.05) is 17.5 Å². The molecule has 0 aliphatic rings. The fourth-order valence-corrected chi connectivity index (χ4v) is 2.47. The quantitative estimate of drug-likeness (QED) is 0.684. The number of nitrogens with one attached hydrogen (secondary N) is 1. The van der Waals surface area contributed by atoms with Crippen molar-refractivity contribution < 1.29 is 8.81 Å². The van der Waals surface area contributed by atoms with Gasteiger partial charge in [-0.15, -0.1) is 0 Å². The molecule has 2 aromatic carbocycles. The van der Waals surface area contributed by atoms with Crippen molar-refractivity contribution in [2.75, 3.05) is 6.54 Å².